The largest absolute Gasteiger partial charge is 0.478 e. The van der Waals surface area contributed by atoms with Crippen LogP contribution in [0.15, 0.2) is 64.2 Å². The number of hydrogen-bond acceptors (Lipinski definition) is 6. The lowest BCUT2D eigenvalue weighted by Crippen LogP contribution is -2.42. The van der Waals surface area contributed by atoms with E-state index in [0.717, 1.165) is 5.56 Å². The van der Waals surface area contributed by atoms with Gasteiger partial charge in [-0.25, -0.2) is 4.68 Å². The van der Waals surface area contributed by atoms with Crippen molar-refractivity contribution < 1.29 is 14.5 Å². The van der Waals surface area contributed by atoms with Crippen LogP contribution in [-0.4, -0.2) is 27.2 Å². The van der Waals surface area contributed by atoms with Crippen molar-refractivity contribution in [1.82, 2.24) is 15.1 Å². The summed E-state index contributed by atoms with van der Waals surface area (Å²) in [5, 5.41) is 16.4. The Hall–Kier alpha value is -4.21. The highest BCUT2D eigenvalue weighted by Crippen LogP contribution is 2.21. The maximum Gasteiger partial charge on any atom is 0.318 e. The van der Waals surface area contributed by atoms with Gasteiger partial charge in [-0.3, -0.25) is 29.6 Å². The number of amides is 1. The van der Waals surface area contributed by atoms with Crippen LogP contribution in [0.5, 0.6) is 5.88 Å². The van der Waals surface area contributed by atoms with Crippen molar-refractivity contribution in [3.8, 4) is 11.6 Å². The summed E-state index contributed by atoms with van der Waals surface area (Å²) >= 11 is 0. The number of nitrogens with zero attached hydrogens (tertiary/aromatic N) is 2. The van der Waals surface area contributed by atoms with Crippen LogP contribution in [0.25, 0.3) is 5.69 Å². The van der Waals surface area contributed by atoms with E-state index in [0.29, 0.717) is 4.68 Å². The summed E-state index contributed by atoms with van der Waals surface area (Å²) in [4.78, 5) is 48.7. The molecular formula is C20H18N4O6. The smallest absolute Gasteiger partial charge is 0.318 e. The zero-order chi connectivity index (χ0) is 21.7. The van der Waals surface area contributed by atoms with Crippen LogP contribution in [0.4, 0.5) is 5.69 Å². The van der Waals surface area contributed by atoms with Crippen LogP contribution < -0.4 is 21.0 Å². The molecule has 0 radical (unpaired) electrons. The number of nitrogens with one attached hydrogen (secondary N) is 2. The molecule has 0 saturated carbocycles. The predicted octanol–water partition coefficient (Wildman–Crippen LogP) is 1.76. The first-order valence-corrected chi connectivity index (χ1v) is 9.02. The molecule has 1 heterocycles. The first-order chi connectivity index (χ1) is 14.4. The second-order valence-corrected chi connectivity index (χ2v) is 6.13. The number of benzene rings is 2. The molecule has 2 N–H and O–H groups in total. The van der Waals surface area contributed by atoms with Crippen LogP contribution >= 0.6 is 0 Å². The van der Waals surface area contributed by atoms with E-state index < -0.39 is 27.4 Å². The molecule has 0 fully saturated rings. The van der Waals surface area contributed by atoms with Gasteiger partial charge in [-0.1, -0.05) is 42.5 Å². The van der Waals surface area contributed by atoms with Crippen molar-refractivity contribution in [2.75, 3.05) is 6.61 Å². The fraction of sp³-hybridized carbons (Fsp3) is 0.150. The number of carbonyl (C=O) groups is 1. The van der Waals surface area contributed by atoms with Crippen LogP contribution in [-0.2, 0) is 6.54 Å². The number of H-pyrrole nitrogens is 1. The quantitative estimate of drug-likeness (QED) is 0.346. The van der Waals surface area contributed by atoms with Crippen molar-refractivity contribution in [3.05, 3.63) is 96.4 Å². The van der Waals surface area contributed by atoms with Crippen molar-refractivity contribution in [1.29, 1.82) is 0 Å². The molecule has 3 aromatic rings. The Labute approximate surface area is 169 Å². The Morgan fingerprint density at radius 2 is 1.80 bits per heavy atom. The van der Waals surface area contributed by atoms with E-state index in [1.165, 1.54) is 24.3 Å². The summed E-state index contributed by atoms with van der Waals surface area (Å²) in [6.07, 6.45) is 0. The standard InChI is InChI=1S/C20H18N4O6/c1-2-30-19-16(18(26)21-12-13-8-4-3-5-9-13)17(25)20(27)23(22-19)14-10-6-7-11-15(14)24(28)29/h3-11,22H,2,12H2,1H3,(H,21,26). The van der Waals surface area contributed by atoms with Gasteiger partial charge in [0, 0.05) is 12.6 Å². The third kappa shape index (κ3) is 4.12. The Bertz CT molecular complexity index is 1200. The van der Waals surface area contributed by atoms with Crippen LogP contribution in [0.1, 0.15) is 22.8 Å². The molecular weight excluding hydrogens is 392 g/mol. The second kappa shape index (κ2) is 8.86. The fourth-order valence-electron chi connectivity index (χ4n) is 2.82. The molecule has 2 aromatic carbocycles. The van der Waals surface area contributed by atoms with Gasteiger partial charge < -0.3 is 10.1 Å². The Morgan fingerprint density at radius 1 is 1.13 bits per heavy atom. The minimum Gasteiger partial charge on any atom is -0.478 e. The molecule has 0 spiro atoms. The van der Waals surface area contributed by atoms with Crippen molar-refractivity contribution in [3.63, 3.8) is 0 Å². The lowest BCUT2D eigenvalue weighted by molar-refractivity contribution is -0.384. The highest BCUT2D eigenvalue weighted by Gasteiger charge is 2.25. The lowest BCUT2D eigenvalue weighted by Gasteiger charge is -2.13. The van der Waals surface area contributed by atoms with Crippen molar-refractivity contribution >= 4 is 11.6 Å². The summed E-state index contributed by atoms with van der Waals surface area (Å²) in [5.74, 6) is -1.05. The van der Waals surface area contributed by atoms with Crippen LogP contribution in [0.3, 0.4) is 0 Å². The Morgan fingerprint density at radius 3 is 2.47 bits per heavy atom. The van der Waals surface area contributed by atoms with E-state index >= 15 is 0 Å². The van der Waals surface area contributed by atoms with E-state index in [9.17, 15) is 24.5 Å². The summed E-state index contributed by atoms with van der Waals surface area (Å²) in [5.41, 5.74) is -2.51. The number of hydrogen-bond donors (Lipinski definition) is 2. The van der Waals surface area contributed by atoms with Gasteiger partial charge in [0.05, 0.1) is 11.5 Å². The normalized spacial score (nSPS) is 10.4. The van der Waals surface area contributed by atoms with Gasteiger partial charge in [-0.2, -0.15) is 0 Å². The van der Waals surface area contributed by atoms with Gasteiger partial charge in [0.1, 0.15) is 5.69 Å². The van der Waals surface area contributed by atoms with E-state index in [1.807, 2.05) is 6.07 Å². The summed E-state index contributed by atoms with van der Waals surface area (Å²) in [6.45, 7) is 1.85. The molecule has 0 unspecified atom stereocenters. The zero-order valence-corrected chi connectivity index (χ0v) is 16.0. The molecule has 0 aliphatic heterocycles. The third-order valence-electron chi connectivity index (χ3n) is 4.20. The Kier molecular flexibility index (Phi) is 6.06. The number of rotatable bonds is 7. The average Bonchev–Trinajstić information content (AvgIpc) is 2.75. The molecule has 10 nitrogen and oxygen atoms in total. The monoisotopic (exact) mass is 410 g/mol. The number of nitro groups is 1. The SMILES string of the molecule is CCOc1[nH]n(-c2ccccc2[N+](=O)[O-])c(=O)c(=O)c1C(=O)NCc1ccccc1. The van der Waals surface area contributed by atoms with Gasteiger partial charge in [-0.15, -0.1) is 0 Å². The van der Waals surface area contributed by atoms with Crippen LogP contribution in [0.2, 0.25) is 0 Å². The summed E-state index contributed by atoms with van der Waals surface area (Å²) in [7, 11) is 0. The van der Waals surface area contributed by atoms with Crippen molar-refractivity contribution in [2.24, 2.45) is 0 Å². The highest BCUT2D eigenvalue weighted by atomic mass is 16.6. The van der Waals surface area contributed by atoms with E-state index in [4.69, 9.17) is 4.74 Å². The lowest BCUT2D eigenvalue weighted by atomic mass is 10.2. The summed E-state index contributed by atoms with van der Waals surface area (Å²) in [6, 6.07) is 14.4. The molecule has 154 valence electrons. The topological polar surface area (TPSA) is 136 Å². The number of para-hydroxylation sites is 2. The number of nitro benzene ring substituents is 1. The van der Waals surface area contributed by atoms with E-state index in [1.54, 1.807) is 31.2 Å². The van der Waals surface area contributed by atoms with Gasteiger partial charge in [0.25, 0.3) is 17.0 Å². The number of aromatic amines is 1. The second-order valence-electron chi connectivity index (χ2n) is 6.13. The van der Waals surface area contributed by atoms with E-state index in [2.05, 4.69) is 10.4 Å². The maximum absolute atomic E-state index is 12.7. The average molecular weight is 410 g/mol. The molecule has 3 rings (SSSR count). The minimum absolute atomic E-state index is 0.0873. The molecule has 0 aliphatic rings. The third-order valence-corrected chi connectivity index (χ3v) is 4.20. The van der Waals surface area contributed by atoms with Crippen LogP contribution in [0, 0.1) is 10.1 Å². The van der Waals surface area contributed by atoms with Gasteiger partial charge in [0.2, 0.25) is 5.88 Å². The van der Waals surface area contributed by atoms with Gasteiger partial charge >= 0.3 is 5.56 Å². The minimum atomic E-state index is -1.14. The predicted molar refractivity (Wildman–Crippen MR) is 108 cm³/mol. The first kappa shape index (κ1) is 20.5. The fourth-order valence-corrected chi connectivity index (χ4v) is 2.82. The number of carbonyl (C=O) groups excluding carboxylic acids is 1. The molecule has 0 atom stereocenters. The van der Waals surface area contributed by atoms with E-state index in [-0.39, 0.29) is 30.4 Å². The summed E-state index contributed by atoms with van der Waals surface area (Å²) < 4.78 is 6.07. The van der Waals surface area contributed by atoms with Crippen molar-refractivity contribution in [2.45, 2.75) is 13.5 Å². The number of ether oxygens (including phenoxy) is 1. The molecule has 0 saturated heterocycles. The number of aromatic nitrogens is 2. The molecule has 10 heteroatoms. The first-order valence-electron chi connectivity index (χ1n) is 9.02. The zero-order valence-electron chi connectivity index (χ0n) is 16.0. The Balaban J connectivity index is 2.07. The molecule has 0 bridgehead atoms. The molecule has 1 amide bonds. The molecule has 30 heavy (non-hydrogen) atoms. The maximum atomic E-state index is 12.7. The van der Waals surface area contributed by atoms with Gasteiger partial charge in [-0.05, 0) is 18.6 Å². The molecule has 0 aliphatic carbocycles. The highest BCUT2D eigenvalue weighted by molar-refractivity contribution is 5.96. The molecule has 1 aromatic heterocycles. The van der Waals surface area contributed by atoms with Gasteiger partial charge in [0.15, 0.2) is 5.56 Å².